The maximum Gasteiger partial charge on any atom is 0.267 e. The van der Waals surface area contributed by atoms with E-state index in [4.69, 9.17) is 4.74 Å². The normalized spacial score (nSPS) is 25.3. The number of ether oxygens (including phenoxy) is 1. The molecule has 0 atom stereocenters. The maximum atomic E-state index is 13.8. The van der Waals surface area contributed by atoms with Gasteiger partial charge in [0.2, 0.25) is 0 Å². The summed E-state index contributed by atoms with van der Waals surface area (Å²) in [6.07, 6.45) is 8.38. The van der Waals surface area contributed by atoms with E-state index < -0.39 is 29.8 Å². The summed E-state index contributed by atoms with van der Waals surface area (Å²) in [5, 5.41) is 0. The van der Waals surface area contributed by atoms with Gasteiger partial charge in [-0.25, -0.2) is 17.6 Å². The predicted molar refractivity (Wildman–Crippen MR) is 132 cm³/mol. The summed E-state index contributed by atoms with van der Waals surface area (Å²) in [6.45, 7) is 3.96. The molecule has 0 bridgehead atoms. The summed E-state index contributed by atoms with van der Waals surface area (Å²) in [6, 6.07) is 2.45. The first-order chi connectivity index (χ1) is 16.8. The molecule has 0 unspecified atom stereocenters. The van der Waals surface area contributed by atoms with Crippen molar-refractivity contribution >= 4 is 5.78 Å². The number of ketones is 1. The first-order valence-electron chi connectivity index (χ1n) is 13.7. The topological polar surface area (TPSA) is 26.3 Å². The van der Waals surface area contributed by atoms with Crippen molar-refractivity contribution in [1.82, 2.24) is 0 Å². The van der Waals surface area contributed by atoms with E-state index in [1.165, 1.54) is 76.3 Å². The number of carbonyl (C=O) groups is 1. The van der Waals surface area contributed by atoms with Crippen LogP contribution in [0.2, 0.25) is 0 Å². The molecule has 2 saturated carbocycles. The van der Waals surface area contributed by atoms with Crippen LogP contribution in [0.5, 0.6) is 5.75 Å². The van der Waals surface area contributed by atoms with Crippen LogP contribution in [0.4, 0.5) is 17.6 Å². The Morgan fingerprint density at radius 3 is 1.86 bits per heavy atom. The molecule has 0 aliphatic heterocycles. The molecule has 0 spiro atoms. The van der Waals surface area contributed by atoms with Gasteiger partial charge in [-0.1, -0.05) is 51.9 Å². The number of rotatable bonds is 12. The SMILES string of the molecule is CCCC1CCC(C2CCC(CCCC(=O)c3ccc(OCC)c(C(F)F)c3C(F)F)CC2)CC1. The van der Waals surface area contributed by atoms with Crippen molar-refractivity contribution in [2.75, 3.05) is 6.61 Å². The molecule has 0 radical (unpaired) electrons. The van der Waals surface area contributed by atoms with Gasteiger partial charge in [0, 0.05) is 17.5 Å². The molecule has 2 nitrogen and oxygen atoms in total. The summed E-state index contributed by atoms with van der Waals surface area (Å²) < 4.78 is 59.8. The van der Waals surface area contributed by atoms with E-state index in [1.54, 1.807) is 6.92 Å². The monoisotopic (exact) mass is 498 g/mol. The van der Waals surface area contributed by atoms with E-state index in [2.05, 4.69) is 6.92 Å². The molecule has 1 aromatic carbocycles. The number of carbonyl (C=O) groups excluding carboxylic acids is 1. The number of benzene rings is 1. The Labute approximate surface area is 208 Å². The highest BCUT2D eigenvalue weighted by molar-refractivity contribution is 5.98. The van der Waals surface area contributed by atoms with Crippen LogP contribution in [-0.2, 0) is 0 Å². The molecule has 1 aromatic rings. The lowest BCUT2D eigenvalue weighted by Gasteiger charge is -2.38. The van der Waals surface area contributed by atoms with E-state index in [-0.39, 0.29) is 24.3 Å². The van der Waals surface area contributed by atoms with Gasteiger partial charge in [0.05, 0.1) is 12.2 Å². The van der Waals surface area contributed by atoms with Gasteiger partial charge in [-0.15, -0.1) is 0 Å². The summed E-state index contributed by atoms with van der Waals surface area (Å²) in [5.74, 6) is 2.46. The molecule has 198 valence electrons. The second-order valence-corrected chi connectivity index (χ2v) is 10.6. The number of halogens is 4. The molecular weight excluding hydrogens is 456 g/mol. The molecule has 2 aliphatic carbocycles. The zero-order valence-electron chi connectivity index (χ0n) is 21.3. The Hall–Kier alpha value is -1.59. The lowest BCUT2D eigenvalue weighted by Crippen LogP contribution is -2.26. The molecule has 0 amide bonds. The van der Waals surface area contributed by atoms with Crippen LogP contribution >= 0.6 is 0 Å². The second kappa shape index (κ2) is 13.6. The average molecular weight is 499 g/mol. The number of alkyl halides is 4. The van der Waals surface area contributed by atoms with Gasteiger partial charge in [0.25, 0.3) is 12.9 Å². The molecule has 3 rings (SSSR count). The summed E-state index contributed by atoms with van der Waals surface area (Å²) in [5.41, 5.74) is -2.01. The number of hydrogen-bond donors (Lipinski definition) is 0. The van der Waals surface area contributed by atoms with Crippen molar-refractivity contribution in [3.63, 3.8) is 0 Å². The Balaban J connectivity index is 1.49. The summed E-state index contributed by atoms with van der Waals surface area (Å²) in [4.78, 5) is 12.8. The molecule has 0 saturated heterocycles. The quantitative estimate of drug-likeness (QED) is 0.212. The van der Waals surface area contributed by atoms with Crippen LogP contribution in [0.3, 0.4) is 0 Å². The highest BCUT2D eigenvalue weighted by atomic mass is 19.3. The molecular formula is C29H42F4O2. The Kier molecular flexibility index (Phi) is 10.9. The maximum absolute atomic E-state index is 13.8. The standard InChI is InChI=1S/C29H42F4O2/c1-3-6-19-9-13-21(14-10-19)22-15-11-20(12-16-22)7-5-8-24(34)23-17-18-25(35-4-2)27(29(32)33)26(23)28(30)31/h17-22,28-29H,3-16H2,1-2H3. The summed E-state index contributed by atoms with van der Waals surface area (Å²) >= 11 is 0. The van der Waals surface area contributed by atoms with Crippen molar-refractivity contribution in [3.8, 4) is 5.75 Å². The Morgan fingerprint density at radius 2 is 1.37 bits per heavy atom. The van der Waals surface area contributed by atoms with Crippen molar-refractivity contribution in [1.29, 1.82) is 0 Å². The molecule has 2 fully saturated rings. The second-order valence-electron chi connectivity index (χ2n) is 10.6. The van der Waals surface area contributed by atoms with Gasteiger partial charge in [-0.3, -0.25) is 4.79 Å². The van der Waals surface area contributed by atoms with E-state index in [1.807, 2.05) is 0 Å². The molecule has 35 heavy (non-hydrogen) atoms. The van der Waals surface area contributed by atoms with Crippen molar-refractivity contribution < 1.29 is 27.1 Å². The molecule has 2 aliphatic rings. The van der Waals surface area contributed by atoms with Crippen LogP contribution in [0, 0.1) is 23.7 Å². The van der Waals surface area contributed by atoms with E-state index in [9.17, 15) is 22.4 Å². The molecule has 0 N–H and O–H groups in total. The zero-order valence-corrected chi connectivity index (χ0v) is 21.3. The van der Waals surface area contributed by atoms with Gasteiger partial charge in [-0.2, -0.15) is 0 Å². The number of Topliss-reactive ketones (excluding diaryl/α,β-unsaturated/α-hetero) is 1. The molecule has 6 heteroatoms. The lowest BCUT2D eigenvalue weighted by molar-refractivity contribution is 0.0949. The van der Waals surface area contributed by atoms with Gasteiger partial charge < -0.3 is 4.74 Å². The Bertz CT molecular complexity index is 794. The van der Waals surface area contributed by atoms with Gasteiger partial charge in [-0.05, 0) is 74.8 Å². The van der Waals surface area contributed by atoms with Crippen LogP contribution in [-0.4, -0.2) is 12.4 Å². The smallest absolute Gasteiger partial charge is 0.267 e. The van der Waals surface area contributed by atoms with Gasteiger partial charge in [0.1, 0.15) is 5.75 Å². The van der Waals surface area contributed by atoms with Crippen molar-refractivity contribution in [3.05, 3.63) is 28.8 Å². The number of hydrogen-bond acceptors (Lipinski definition) is 2. The zero-order chi connectivity index (χ0) is 25.4. The third kappa shape index (κ3) is 7.45. The minimum atomic E-state index is -3.16. The highest BCUT2D eigenvalue weighted by Crippen LogP contribution is 2.43. The average Bonchev–Trinajstić information content (AvgIpc) is 2.84. The van der Waals surface area contributed by atoms with Gasteiger partial charge >= 0.3 is 0 Å². The van der Waals surface area contributed by atoms with Crippen molar-refractivity contribution in [2.24, 2.45) is 23.7 Å². The predicted octanol–water partition coefficient (Wildman–Crippen LogP) is 9.73. The van der Waals surface area contributed by atoms with Crippen LogP contribution in [0.15, 0.2) is 12.1 Å². The van der Waals surface area contributed by atoms with Gasteiger partial charge in [0.15, 0.2) is 5.78 Å². The van der Waals surface area contributed by atoms with E-state index in [0.717, 1.165) is 24.2 Å². The third-order valence-corrected chi connectivity index (χ3v) is 8.45. The lowest BCUT2D eigenvalue weighted by atomic mass is 9.68. The molecule has 0 aromatic heterocycles. The van der Waals surface area contributed by atoms with E-state index >= 15 is 0 Å². The third-order valence-electron chi connectivity index (χ3n) is 8.45. The first kappa shape index (κ1) is 28.0. The van der Waals surface area contributed by atoms with Crippen molar-refractivity contribution in [2.45, 2.75) is 110 Å². The molecule has 0 heterocycles. The van der Waals surface area contributed by atoms with E-state index in [0.29, 0.717) is 12.3 Å². The minimum Gasteiger partial charge on any atom is -0.493 e. The minimum absolute atomic E-state index is 0.0814. The first-order valence-corrected chi connectivity index (χ1v) is 13.7. The van der Waals surface area contributed by atoms with Crippen LogP contribution in [0.1, 0.15) is 132 Å². The largest absolute Gasteiger partial charge is 0.493 e. The fourth-order valence-electron chi connectivity index (χ4n) is 6.59. The fraction of sp³-hybridized carbons (Fsp3) is 0.759. The van der Waals surface area contributed by atoms with Crippen LogP contribution in [0.25, 0.3) is 0 Å². The fourth-order valence-corrected chi connectivity index (χ4v) is 6.59. The Morgan fingerprint density at radius 1 is 0.829 bits per heavy atom. The van der Waals surface area contributed by atoms with Crippen LogP contribution < -0.4 is 4.74 Å². The summed E-state index contributed by atoms with van der Waals surface area (Å²) in [7, 11) is 0. The highest BCUT2D eigenvalue weighted by Gasteiger charge is 2.32.